The maximum absolute atomic E-state index is 12.5. The average molecular weight is 306 g/mol. The molecule has 0 amide bonds. The van der Waals surface area contributed by atoms with Crippen molar-refractivity contribution in [1.82, 2.24) is 4.31 Å². The lowest BCUT2D eigenvalue weighted by Crippen LogP contribution is -2.37. The minimum absolute atomic E-state index is 0.124. The fourth-order valence-electron chi connectivity index (χ4n) is 2.25. The molecule has 1 saturated heterocycles. The highest BCUT2D eigenvalue weighted by atomic mass is 35.5. The Balaban J connectivity index is 2.37. The molecule has 1 aromatic rings. The Morgan fingerprint density at radius 1 is 1.53 bits per heavy atom. The van der Waals surface area contributed by atoms with E-state index < -0.39 is 10.0 Å². The number of sulfonamides is 1. The zero-order valence-corrected chi connectivity index (χ0v) is 12.1. The van der Waals surface area contributed by atoms with Crippen LogP contribution in [-0.2, 0) is 10.0 Å². The summed E-state index contributed by atoms with van der Waals surface area (Å²) in [5.74, 6) is 0.431. The van der Waals surface area contributed by atoms with Crippen molar-refractivity contribution in [3.8, 4) is 5.75 Å². The molecule has 7 heteroatoms. The fraction of sp³-hybridized carbons (Fsp3) is 0.500. The SMILES string of the molecule is COc1ccc(S(=O)(=O)N2CCCC2CO)cc1Cl. The van der Waals surface area contributed by atoms with Crippen molar-refractivity contribution in [2.24, 2.45) is 0 Å². The summed E-state index contributed by atoms with van der Waals surface area (Å²) in [7, 11) is -2.14. The molecule has 0 radical (unpaired) electrons. The number of rotatable bonds is 4. The monoisotopic (exact) mass is 305 g/mol. The van der Waals surface area contributed by atoms with E-state index in [4.69, 9.17) is 16.3 Å². The summed E-state index contributed by atoms with van der Waals surface area (Å²) in [6, 6.07) is 4.03. The Morgan fingerprint density at radius 3 is 2.84 bits per heavy atom. The van der Waals surface area contributed by atoms with Gasteiger partial charge in [0.05, 0.1) is 23.6 Å². The number of ether oxygens (including phenoxy) is 1. The second-order valence-electron chi connectivity index (χ2n) is 4.39. The van der Waals surface area contributed by atoms with E-state index in [1.165, 1.54) is 29.6 Å². The number of hydrogen-bond acceptors (Lipinski definition) is 4. The van der Waals surface area contributed by atoms with E-state index in [0.29, 0.717) is 18.7 Å². The summed E-state index contributed by atoms with van der Waals surface area (Å²) in [4.78, 5) is 0.124. The van der Waals surface area contributed by atoms with Gasteiger partial charge >= 0.3 is 0 Å². The molecule has 0 aromatic heterocycles. The van der Waals surface area contributed by atoms with Gasteiger partial charge < -0.3 is 9.84 Å². The zero-order chi connectivity index (χ0) is 14.0. The van der Waals surface area contributed by atoms with E-state index in [-0.39, 0.29) is 22.6 Å². The van der Waals surface area contributed by atoms with Crippen molar-refractivity contribution in [2.75, 3.05) is 20.3 Å². The van der Waals surface area contributed by atoms with Gasteiger partial charge in [0, 0.05) is 12.6 Å². The predicted octanol–water partition coefficient (Wildman–Crippen LogP) is 1.49. The van der Waals surface area contributed by atoms with E-state index in [1.54, 1.807) is 0 Å². The number of methoxy groups -OCH3 is 1. The maximum atomic E-state index is 12.5. The summed E-state index contributed by atoms with van der Waals surface area (Å²) in [6.07, 6.45) is 1.44. The molecular formula is C12H16ClNO4S. The van der Waals surface area contributed by atoms with Gasteiger partial charge in [-0.2, -0.15) is 4.31 Å². The number of benzene rings is 1. The first-order valence-electron chi connectivity index (χ1n) is 5.97. The second kappa shape index (κ2) is 5.66. The van der Waals surface area contributed by atoms with Gasteiger partial charge in [0.25, 0.3) is 0 Å². The Labute approximate surface area is 117 Å². The van der Waals surface area contributed by atoms with Crippen LogP contribution in [0.2, 0.25) is 5.02 Å². The van der Waals surface area contributed by atoms with Crippen LogP contribution in [0.5, 0.6) is 5.75 Å². The molecule has 1 unspecified atom stereocenters. The third-order valence-electron chi connectivity index (χ3n) is 3.26. The Kier molecular flexibility index (Phi) is 4.35. The third-order valence-corrected chi connectivity index (χ3v) is 5.51. The van der Waals surface area contributed by atoms with Crippen LogP contribution >= 0.6 is 11.6 Å². The van der Waals surface area contributed by atoms with Gasteiger partial charge in [0.1, 0.15) is 5.75 Å². The minimum atomic E-state index is -3.61. The molecule has 0 spiro atoms. The van der Waals surface area contributed by atoms with E-state index in [2.05, 4.69) is 0 Å². The van der Waals surface area contributed by atoms with Crippen molar-refractivity contribution >= 4 is 21.6 Å². The molecule has 2 rings (SSSR count). The van der Waals surface area contributed by atoms with Gasteiger partial charge in [-0.05, 0) is 31.0 Å². The Hall–Kier alpha value is -0.820. The molecule has 1 aliphatic heterocycles. The number of aliphatic hydroxyl groups is 1. The highest BCUT2D eigenvalue weighted by Gasteiger charge is 2.35. The molecule has 1 heterocycles. The summed E-state index contributed by atoms with van der Waals surface area (Å²) in [6.45, 7) is 0.264. The van der Waals surface area contributed by atoms with Crippen molar-refractivity contribution in [3.05, 3.63) is 23.2 Å². The van der Waals surface area contributed by atoms with Gasteiger partial charge in [0.15, 0.2) is 0 Å². The third kappa shape index (κ3) is 2.72. The number of hydrogen-bond donors (Lipinski definition) is 1. The van der Waals surface area contributed by atoms with Crippen LogP contribution in [0.25, 0.3) is 0 Å². The van der Waals surface area contributed by atoms with Crippen molar-refractivity contribution < 1.29 is 18.3 Å². The van der Waals surface area contributed by atoms with Crippen molar-refractivity contribution in [2.45, 2.75) is 23.8 Å². The molecule has 106 valence electrons. The lowest BCUT2D eigenvalue weighted by Gasteiger charge is -2.22. The summed E-state index contributed by atoms with van der Waals surface area (Å²) in [5.41, 5.74) is 0. The van der Waals surface area contributed by atoms with Crippen LogP contribution in [0.1, 0.15) is 12.8 Å². The summed E-state index contributed by atoms with van der Waals surface area (Å²) < 4.78 is 31.3. The van der Waals surface area contributed by atoms with Gasteiger partial charge in [0.2, 0.25) is 10.0 Å². The first-order valence-corrected chi connectivity index (χ1v) is 7.78. The average Bonchev–Trinajstić information content (AvgIpc) is 2.87. The molecule has 1 atom stereocenters. The highest BCUT2D eigenvalue weighted by Crippen LogP contribution is 2.31. The quantitative estimate of drug-likeness (QED) is 0.915. The van der Waals surface area contributed by atoms with Gasteiger partial charge in [-0.25, -0.2) is 8.42 Å². The van der Waals surface area contributed by atoms with Crippen LogP contribution in [0, 0.1) is 0 Å². The van der Waals surface area contributed by atoms with E-state index in [0.717, 1.165) is 6.42 Å². The lowest BCUT2D eigenvalue weighted by atomic mass is 10.2. The van der Waals surface area contributed by atoms with E-state index in [9.17, 15) is 13.5 Å². The fourth-order valence-corrected chi connectivity index (χ4v) is 4.29. The van der Waals surface area contributed by atoms with Crippen LogP contribution < -0.4 is 4.74 Å². The van der Waals surface area contributed by atoms with Crippen LogP contribution in [0.15, 0.2) is 23.1 Å². The minimum Gasteiger partial charge on any atom is -0.495 e. The molecular weight excluding hydrogens is 290 g/mol. The van der Waals surface area contributed by atoms with Crippen LogP contribution in [0.4, 0.5) is 0 Å². The van der Waals surface area contributed by atoms with Crippen molar-refractivity contribution in [3.63, 3.8) is 0 Å². The normalized spacial score (nSPS) is 20.7. The van der Waals surface area contributed by atoms with E-state index >= 15 is 0 Å². The first kappa shape index (κ1) is 14.6. The molecule has 5 nitrogen and oxygen atoms in total. The molecule has 0 bridgehead atoms. The highest BCUT2D eigenvalue weighted by molar-refractivity contribution is 7.89. The van der Waals surface area contributed by atoms with Gasteiger partial charge in [-0.3, -0.25) is 0 Å². The maximum Gasteiger partial charge on any atom is 0.243 e. The number of halogens is 1. The van der Waals surface area contributed by atoms with Crippen LogP contribution in [0.3, 0.4) is 0 Å². The molecule has 1 aliphatic rings. The molecule has 1 aromatic carbocycles. The lowest BCUT2D eigenvalue weighted by molar-refractivity contribution is 0.213. The Bertz CT molecular complexity index is 561. The van der Waals surface area contributed by atoms with Gasteiger partial charge in [-0.15, -0.1) is 0 Å². The van der Waals surface area contributed by atoms with Crippen molar-refractivity contribution in [1.29, 1.82) is 0 Å². The first-order chi connectivity index (χ1) is 9.00. The number of nitrogens with zero attached hydrogens (tertiary/aromatic N) is 1. The molecule has 1 N–H and O–H groups in total. The summed E-state index contributed by atoms with van der Waals surface area (Å²) in [5, 5.41) is 9.48. The zero-order valence-electron chi connectivity index (χ0n) is 10.5. The smallest absolute Gasteiger partial charge is 0.243 e. The molecule has 1 fully saturated rings. The molecule has 0 saturated carbocycles. The number of aliphatic hydroxyl groups excluding tert-OH is 1. The van der Waals surface area contributed by atoms with E-state index in [1.807, 2.05) is 0 Å². The largest absolute Gasteiger partial charge is 0.495 e. The molecule has 0 aliphatic carbocycles. The molecule has 19 heavy (non-hydrogen) atoms. The standard InChI is InChI=1S/C12H16ClNO4S/c1-18-12-5-4-10(7-11(12)13)19(16,17)14-6-2-3-9(14)8-15/h4-5,7,9,15H,2-3,6,8H2,1H3. The van der Waals surface area contributed by atoms with Crippen LogP contribution in [-0.4, -0.2) is 44.1 Å². The topological polar surface area (TPSA) is 66.8 Å². The summed E-state index contributed by atoms with van der Waals surface area (Å²) >= 11 is 5.96. The predicted molar refractivity (Wildman–Crippen MR) is 72.0 cm³/mol. The second-order valence-corrected chi connectivity index (χ2v) is 6.69. The van der Waals surface area contributed by atoms with Gasteiger partial charge in [-0.1, -0.05) is 11.6 Å². The Morgan fingerprint density at radius 2 is 2.26 bits per heavy atom.